The van der Waals surface area contributed by atoms with E-state index in [-0.39, 0.29) is 6.10 Å². The first kappa shape index (κ1) is 17.1. The molecule has 1 aromatic carbocycles. The fourth-order valence-electron chi connectivity index (χ4n) is 3.18. The Kier molecular flexibility index (Phi) is 6.01. The summed E-state index contributed by atoms with van der Waals surface area (Å²) in [6, 6.07) is 10.2. The predicted octanol–water partition coefficient (Wildman–Crippen LogP) is 2.12. The maximum atomic E-state index is 9.53. The maximum absolute atomic E-state index is 9.53. The Morgan fingerprint density at radius 3 is 2.71 bits per heavy atom. The highest BCUT2D eigenvalue weighted by Gasteiger charge is 2.15. The van der Waals surface area contributed by atoms with Crippen molar-refractivity contribution < 1.29 is 5.11 Å². The van der Waals surface area contributed by atoms with Crippen LogP contribution in [-0.2, 0) is 6.54 Å². The monoisotopic (exact) mass is 328 g/mol. The fourth-order valence-corrected chi connectivity index (χ4v) is 3.18. The van der Waals surface area contributed by atoms with Crippen LogP contribution in [0.5, 0.6) is 0 Å². The SMILES string of the molecule is Cc1nn(-c2ccccc2)cc1CNCCCN1CCC(O)CC1. The normalized spacial score (nSPS) is 16.6. The highest BCUT2D eigenvalue weighted by molar-refractivity contribution is 5.32. The molecule has 2 aromatic rings. The van der Waals surface area contributed by atoms with E-state index >= 15 is 0 Å². The lowest BCUT2D eigenvalue weighted by atomic mass is 10.1. The topological polar surface area (TPSA) is 53.3 Å². The summed E-state index contributed by atoms with van der Waals surface area (Å²) in [6.45, 7) is 7.11. The van der Waals surface area contributed by atoms with Crippen molar-refractivity contribution in [2.75, 3.05) is 26.2 Å². The quantitative estimate of drug-likeness (QED) is 0.765. The summed E-state index contributed by atoms with van der Waals surface area (Å²) >= 11 is 0. The maximum Gasteiger partial charge on any atom is 0.0645 e. The molecule has 2 heterocycles. The largest absolute Gasteiger partial charge is 0.393 e. The number of aryl methyl sites for hydroxylation is 1. The summed E-state index contributed by atoms with van der Waals surface area (Å²) in [5.74, 6) is 0. The average molecular weight is 328 g/mol. The van der Waals surface area contributed by atoms with Gasteiger partial charge in [0.05, 0.1) is 17.5 Å². The van der Waals surface area contributed by atoms with Crippen molar-refractivity contribution in [3.8, 4) is 5.69 Å². The molecule has 5 heteroatoms. The summed E-state index contributed by atoms with van der Waals surface area (Å²) in [6.07, 6.45) is 5.02. The van der Waals surface area contributed by atoms with Crippen LogP contribution in [0.15, 0.2) is 36.5 Å². The van der Waals surface area contributed by atoms with Crippen LogP contribution in [0.1, 0.15) is 30.5 Å². The van der Waals surface area contributed by atoms with E-state index in [2.05, 4.69) is 40.6 Å². The first-order valence-electron chi connectivity index (χ1n) is 8.94. The van der Waals surface area contributed by atoms with Gasteiger partial charge in [0.15, 0.2) is 0 Å². The van der Waals surface area contributed by atoms with E-state index < -0.39 is 0 Å². The van der Waals surface area contributed by atoms with Crippen molar-refractivity contribution >= 4 is 0 Å². The summed E-state index contributed by atoms with van der Waals surface area (Å²) in [4.78, 5) is 2.45. The van der Waals surface area contributed by atoms with Gasteiger partial charge in [0.2, 0.25) is 0 Å². The number of aliphatic hydroxyl groups excluding tert-OH is 1. The van der Waals surface area contributed by atoms with Crippen molar-refractivity contribution in [1.29, 1.82) is 0 Å². The third-order valence-corrected chi connectivity index (χ3v) is 4.72. The van der Waals surface area contributed by atoms with Gasteiger partial charge in [-0.2, -0.15) is 5.10 Å². The fraction of sp³-hybridized carbons (Fsp3) is 0.526. The summed E-state index contributed by atoms with van der Waals surface area (Å²) < 4.78 is 1.95. The van der Waals surface area contributed by atoms with Gasteiger partial charge >= 0.3 is 0 Å². The molecule has 1 aromatic heterocycles. The van der Waals surface area contributed by atoms with Crippen LogP contribution in [0.4, 0.5) is 0 Å². The molecule has 1 aliphatic rings. The number of rotatable bonds is 7. The minimum absolute atomic E-state index is 0.0801. The third kappa shape index (κ3) is 4.66. The molecular formula is C19H28N4O. The van der Waals surface area contributed by atoms with Gasteiger partial charge in [-0.1, -0.05) is 18.2 Å². The highest BCUT2D eigenvalue weighted by Crippen LogP contribution is 2.12. The van der Waals surface area contributed by atoms with E-state index in [1.54, 1.807) is 0 Å². The smallest absolute Gasteiger partial charge is 0.0645 e. The summed E-state index contributed by atoms with van der Waals surface area (Å²) in [5.41, 5.74) is 3.43. The van der Waals surface area contributed by atoms with Crippen molar-refractivity contribution in [3.05, 3.63) is 47.8 Å². The average Bonchev–Trinajstić information content (AvgIpc) is 2.98. The molecule has 0 amide bonds. The number of piperidine rings is 1. The lowest BCUT2D eigenvalue weighted by Gasteiger charge is -2.29. The number of aromatic nitrogens is 2. The van der Waals surface area contributed by atoms with Crippen molar-refractivity contribution in [2.45, 2.75) is 38.8 Å². The standard InChI is InChI=1S/C19H28N4O/c1-16-17(15-23(21-16)18-6-3-2-4-7-18)14-20-10-5-11-22-12-8-19(24)9-13-22/h2-4,6-7,15,19-20,24H,5,8-14H2,1H3. The lowest BCUT2D eigenvalue weighted by molar-refractivity contribution is 0.0821. The van der Waals surface area contributed by atoms with E-state index in [4.69, 9.17) is 0 Å². The van der Waals surface area contributed by atoms with Crippen LogP contribution in [0.2, 0.25) is 0 Å². The first-order chi connectivity index (χ1) is 11.7. The number of hydrogen-bond acceptors (Lipinski definition) is 4. The zero-order valence-electron chi connectivity index (χ0n) is 14.5. The molecule has 0 saturated carbocycles. The molecule has 0 unspecified atom stereocenters. The molecule has 0 bridgehead atoms. The van der Waals surface area contributed by atoms with Crippen LogP contribution in [-0.4, -0.2) is 52.1 Å². The molecule has 5 nitrogen and oxygen atoms in total. The second kappa shape index (κ2) is 8.42. The summed E-state index contributed by atoms with van der Waals surface area (Å²) in [5, 5.41) is 17.7. The van der Waals surface area contributed by atoms with E-state index in [1.807, 2.05) is 22.9 Å². The minimum atomic E-state index is -0.0801. The van der Waals surface area contributed by atoms with E-state index in [9.17, 15) is 5.11 Å². The zero-order chi connectivity index (χ0) is 16.8. The van der Waals surface area contributed by atoms with Crippen molar-refractivity contribution in [1.82, 2.24) is 20.0 Å². The summed E-state index contributed by atoms with van der Waals surface area (Å²) in [7, 11) is 0. The Morgan fingerprint density at radius 1 is 1.21 bits per heavy atom. The number of para-hydroxylation sites is 1. The Balaban J connectivity index is 1.40. The van der Waals surface area contributed by atoms with Gasteiger partial charge in [-0.05, 0) is 51.4 Å². The second-order valence-corrected chi connectivity index (χ2v) is 6.62. The zero-order valence-corrected chi connectivity index (χ0v) is 14.5. The predicted molar refractivity (Wildman–Crippen MR) is 96.3 cm³/mol. The van der Waals surface area contributed by atoms with Crippen LogP contribution < -0.4 is 5.32 Å². The Labute approximate surface area is 144 Å². The Bertz CT molecular complexity index is 618. The van der Waals surface area contributed by atoms with Crippen molar-refractivity contribution in [2.24, 2.45) is 0 Å². The van der Waals surface area contributed by atoms with Gasteiger partial charge < -0.3 is 15.3 Å². The van der Waals surface area contributed by atoms with Crippen LogP contribution in [0.3, 0.4) is 0 Å². The Hall–Kier alpha value is -1.69. The van der Waals surface area contributed by atoms with Gasteiger partial charge in [0, 0.05) is 31.4 Å². The van der Waals surface area contributed by atoms with Gasteiger partial charge in [-0.25, -0.2) is 4.68 Å². The lowest BCUT2D eigenvalue weighted by Crippen LogP contribution is -2.37. The van der Waals surface area contributed by atoms with Crippen LogP contribution in [0.25, 0.3) is 5.69 Å². The molecule has 130 valence electrons. The van der Waals surface area contributed by atoms with Crippen LogP contribution >= 0.6 is 0 Å². The van der Waals surface area contributed by atoms with Crippen LogP contribution in [0, 0.1) is 6.92 Å². The Morgan fingerprint density at radius 2 is 1.96 bits per heavy atom. The van der Waals surface area contributed by atoms with E-state index in [0.29, 0.717) is 0 Å². The molecule has 0 radical (unpaired) electrons. The van der Waals surface area contributed by atoms with Gasteiger partial charge in [0.25, 0.3) is 0 Å². The van der Waals surface area contributed by atoms with E-state index in [0.717, 1.165) is 63.4 Å². The molecule has 0 aliphatic carbocycles. The number of benzene rings is 1. The molecular weight excluding hydrogens is 300 g/mol. The van der Waals surface area contributed by atoms with Crippen molar-refractivity contribution in [3.63, 3.8) is 0 Å². The molecule has 0 atom stereocenters. The molecule has 24 heavy (non-hydrogen) atoms. The highest BCUT2D eigenvalue weighted by atomic mass is 16.3. The third-order valence-electron chi connectivity index (χ3n) is 4.72. The van der Waals surface area contributed by atoms with Gasteiger partial charge in [-0.15, -0.1) is 0 Å². The number of hydrogen-bond donors (Lipinski definition) is 2. The van der Waals surface area contributed by atoms with Gasteiger partial charge in [0.1, 0.15) is 0 Å². The molecule has 1 aliphatic heterocycles. The van der Waals surface area contributed by atoms with Gasteiger partial charge in [-0.3, -0.25) is 0 Å². The molecule has 1 fully saturated rings. The van der Waals surface area contributed by atoms with E-state index in [1.165, 1.54) is 5.56 Å². The molecule has 1 saturated heterocycles. The number of nitrogens with zero attached hydrogens (tertiary/aromatic N) is 3. The molecule has 0 spiro atoms. The first-order valence-corrected chi connectivity index (χ1v) is 8.94. The minimum Gasteiger partial charge on any atom is -0.393 e. The number of nitrogens with one attached hydrogen (secondary N) is 1. The number of likely N-dealkylation sites (tertiary alicyclic amines) is 1. The number of aliphatic hydroxyl groups is 1. The second-order valence-electron chi connectivity index (χ2n) is 6.62. The molecule has 2 N–H and O–H groups in total. The molecule has 3 rings (SSSR count).